The molecule has 0 spiro atoms. The zero-order chi connectivity index (χ0) is 16.7. The van der Waals surface area contributed by atoms with Crippen molar-refractivity contribution in [1.82, 2.24) is 20.4 Å². The minimum atomic E-state index is -0.233. The quantitative estimate of drug-likeness (QED) is 0.410. The van der Waals surface area contributed by atoms with Crippen LogP contribution in [-0.4, -0.2) is 42.0 Å². The minimum Gasteiger partial charge on any atom is -0.377 e. The van der Waals surface area contributed by atoms with Crippen molar-refractivity contribution >= 4 is 29.9 Å². The second-order valence-electron chi connectivity index (χ2n) is 5.86. The maximum absolute atomic E-state index is 5.39. The Balaban J connectivity index is 0.00000288. The van der Waals surface area contributed by atoms with E-state index in [2.05, 4.69) is 32.9 Å². The van der Waals surface area contributed by atoms with Crippen molar-refractivity contribution in [1.29, 1.82) is 0 Å². The van der Waals surface area contributed by atoms with Crippen molar-refractivity contribution in [2.24, 2.45) is 4.99 Å². The zero-order valence-corrected chi connectivity index (χ0v) is 16.9. The van der Waals surface area contributed by atoms with Crippen LogP contribution in [0, 0.1) is 0 Å². The van der Waals surface area contributed by atoms with Gasteiger partial charge >= 0.3 is 0 Å². The van der Waals surface area contributed by atoms with E-state index in [1.54, 1.807) is 20.4 Å². The summed E-state index contributed by atoms with van der Waals surface area (Å²) in [5.74, 6) is 0.756. The largest absolute Gasteiger partial charge is 0.377 e. The van der Waals surface area contributed by atoms with Crippen LogP contribution in [0.4, 0.5) is 0 Å². The molecule has 0 aliphatic carbocycles. The van der Waals surface area contributed by atoms with Gasteiger partial charge in [0.25, 0.3) is 0 Å². The van der Waals surface area contributed by atoms with Crippen molar-refractivity contribution in [3.63, 3.8) is 0 Å². The molecule has 2 rings (SSSR count). The van der Waals surface area contributed by atoms with Crippen LogP contribution in [0.1, 0.15) is 19.4 Å². The number of aromatic nitrogens is 2. The van der Waals surface area contributed by atoms with Gasteiger partial charge in [-0.05, 0) is 37.6 Å². The molecule has 0 saturated carbocycles. The Kier molecular flexibility index (Phi) is 8.20. The van der Waals surface area contributed by atoms with E-state index >= 15 is 0 Å². The van der Waals surface area contributed by atoms with Gasteiger partial charge in [-0.1, -0.05) is 12.1 Å². The highest BCUT2D eigenvalue weighted by molar-refractivity contribution is 14.0. The fraction of sp³-hybridized carbons (Fsp3) is 0.412. The summed E-state index contributed by atoms with van der Waals surface area (Å²) >= 11 is 0. The molecule has 0 aliphatic rings. The topological polar surface area (TPSA) is 63.5 Å². The molecule has 0 atom stereocenters. The Morgan fingerprint density at radius 1 is 1.25 bits per heavy atom. The second-order valence-corrected chi connectivity index (χ2v) is 5.86. The highest BCUT2D eigenvalue weighted by atomic mass is 127. The molecule has 0 fully saturated rings. The van der Waals surface area contributed by atoms with E-state index in [1.165, 1.54) is 5.56 Å². The molecule has 24 heavy (non-hydrogen) atoms. The van der Waals surface area contributed by atoms with Gasteiger partial charge in [0.1, 0.15) is 0 Å². The third-order valence-corrected chi connectivity index (χ3v) is 3.62. The van der Waals surface area contributed by atoms with Gasteiger partial charge in [0.2, 0.25) is 0 Å². The number of hydrogen-bond donors (Lipinski definition) is 2. The lowest BCUT2D eigenvalue weighted by atomic mass is 10.1. The molecule has 2 aromatic rings. The van der Waals surface area contributed by atoms with Gasteiger partial charge in [0, 0.05) is 39.6 Å². The smallest absolute Gasteiger partial charge is 0.191 e. The number of methoxy groups -OCH3 is 1. The van der Waals surface area contributed by atoms with Crippen molar-refractivity contribution < 1.29 is 4.74 Å². The van der Waals surface area contributed by atoms with Gasteiger partial charge in [-0.3, -0.25) is 4.99 Å². The summed E-state index contributed by atoms with van der Waals surface area (Å²) in [6.07, 6.45) is 3.70. The predicted octanol–water partition coefficient (Wildman–Crippen LogP) is 2.58. The number of halogens is 1. The second kappa shape index (κ2) is 9.63. The Labute approximate surface area is 160 Å². The summed E-state index contributed by atoms with van der Waals surface area (Å²) in [6, 6.07) is 10.2. The molecule has 6 nitrogen and oxygen atoms in total. The Morgan fingerprint density at radius 3 is 2.50 bits per heavy atom. The number of rotatable bonds is 6. The van der Waals surface area contributed by atoms with E-state index < -0.39 is 0 Å². The highest BCUT2D eigenvalue weighted by Crippen LogP contribution is 2.08. The van der Waals surface area contributed by atoms with Gasteiger partial charge < -0.3 is 15.4 Å². The molecule has 0 aliphatic heterocycles. The molecule has 1 heterocycles. The van der Waals surface area contributed by atoms with Gasteiger partial charge in [-0.25, -0.2) is 4.68 Å². The van der Waals surface area contributed by atoms with Crippen molar-refractivity contribution in [2.45, 2.75) is 26.0 Å². The first-order valence-electron chi connectivity index (χ1n) is 7.63. The van der Waals surface area contributed by atoms with Crippen LogP contribution >= 0.6 is 24.0 Å². The number of guanidine groups is 1. The summed E-state index contributed by atoms with van der Waals surface area (Å²) in [5, 5.41) is 10.8. The average molecular weight is 443 g/mol. The van der Waals surface area contributed by atoms with Crippen LogP contribution in [0.2, 0.25) is 0 Å². The monoisotopic (exact) mass is 443 g/mol. The molecular weight excluding hydrogens is 417 g/mol. The van der Waals surface area contributed by atoms with E-state index in [9.17, 15) is 0 Å². The van der Waals surface area contributed by atoms with Gasteiger partial charge in [-0.2, -0.15) is 5.10 Å². The summed E-state index contributed by atoms with van der Waals surface area (Å²) in [5.41, 5.74) is 1.99. The predicted molar refractivity (Wildman–Crippen MR) is 108 cm³/mol. The first-order chi connectivity index (χ1) is 11.0. The van der Waals surface area contributed by atoms with E-state index in [0.29, 0.717) is 13.1 Å². The normalized spacial score (nSPS) is 11.8. The molecular formula is C17H26IN5O. The third kappa shape index (κ3) is 6.12. The lowest BCUT2D eigenvalue weighted by molar-refractivity contribution is 0.0268. The van der Waals surface area contributed by atoms with Crippen LogP contribution in [0.3, 0.4) is 0 Å². The minimum absolute atomic E-state index is 0. The Bertz CT molecular complexity index is 623. The fourth-order valence-electron chi connectivity index (χ4n) is 1.96. The average Bonchev–Trinajstić information content (AvgIpc) is 3.10. The number of nitrogens with one attached hydrogen (secondary N) is 2. The highest BCUT2D eigenvalue weighted by Gasteiger charge is 2.16. The first-order valence-corrected chi connectivity index (χ1v) is 7.63. The lowest BCUT2D eigenvalue weighted by Gasteiger charge is -2.24. The standard InChI is InChI=1S/C17H25N5O.HI/c1-17(2,23-4)13-20-16(18-3)19-12-14-6-8-15(9-7-14)22-11-5-10-21-22;/h5-11H,12-13H2,1-4H3,(H2,18,19,20);1H. The molecule has 0 bridgehead atoms. The first kappa shape index (κ1) is 20.4. The van der Waals surface area contributed by atoms with E-state index in [-0.39, 0.29) is 29.6 Å². The van der Waals surface area contributed by atoms with Crippen molar-refractivity contribution in [3.05, 3.63) is 48.3 Å². The van der Waals surface area contributed by atoms with Crippen molar-refractivity contribution in [2.75, 3.05) is 20.7 Å². The molecule has 2 N–H and O–H groups in total. The summed E-state index contributed by atoms with van der Waals surface area (Å²) in [7, 11) is 3.47. The van der Waals surface area contributed by atoms with Gasteiger partial charge in [0.15, 0.2) is 5.96 Å². The maximum Gasteiger partial charge on any atom is 0.191 e. The number of hydrogen-bond acceptors (Lipinski definition) is 3. The number of nitrogens with zero attached hydrogens (tertiary/aromatic N) is 3. The summed E-state index contributed by atoms with van der Waals surface area (Å²) in [6.45, 7) is 5.44. The lowest BCUT2D eigenvalue weighted by Crippen LogP contribution is -2.45. The zero-order valence-electron chi connectivity index (χ0n) is 14.6. The molecule has 0 radical (unpaired) electrons. The van der Waals surface area contributed by atoms with Crippen molar-refractivity contribution in [3.8, 4) is 5.69 Å². The SMILES string of the molecule is CN=C(NCc1ccc(-n2cccn2)cc1)NCC(C)(C)OC.I. The van der Waals surface area contributed by atoms with Crippen LogP contribution in [0.5, 0.6) is 0 Å². The molecule has 1 aromatic heterocycles. The fourth-order valence-corrected chi connectivity index (χ4v) is 1.96. The van der Waals surface area contributed by atoms with E-state index in [1.807, 2.05) is 42.9 Å². The number of ether oxygens (including phenoxy) is 1. The third-order valence-electron chi connectivity index (χ3n) is 3.62. The van der Waals surface area contributed by atoms with Gasteiger partial charge in [0.05, 0.1) is 11.3 Å². The molecule has 132 valence electrons. The van der Waals surface area contributed by atoms with Crippen LogP contribution < -0.4 is 10.6 Å². The van der Waals surface area contributed by atoms with Crippen LogP contribution in [-0.2, 0) is 11.3 Å². The van der Waals surface area contributed by atoms with Crippen LogP contribution in [0.25, 0.3) is 5.69 Å². The molecule has 0 saturated heterocycles. The summed E-state index contributed by atoms with van der Waals surface area (Å²) < 4.78 is 7.23. The molecule has 0 unspecified atom stereocenters. The van der Waals surface area contributed by atoms with Gasteiger partial charge in [-0.15, -0.1) is 24.0 Å². The maximum atomic E-state index is 5.39. The van der Waals surface area contributed by atoms with E-state index in [0.717, 1.165) is 11.6 Å². The van der Waals surface area contributed by atoms with E-state index in [4.69, 9.17) is 4.74 Å². The number of benzene rings is 1. The Hall–Kier alpha value is -1.61. The molecule has 1 aromatic carbocycles. The number of aliphatic imine (C=N–C) groups is 1. The summed E-state index contributed by atoms with van der Waals surface area (Å²) in [4.78, 5) is 4.22. The molecule has 7 heteroatoms. The Morgan fingerprint density at radius 2 is 1.96 bits per heavy atom. The molecule has 0 amide bonds. The van der Waals surface area contributed by atoms with Crippen LogP contribution in [0.15, 0.2) is 47.7 Å².